The highest BCUT2D eigenvalue weighted by Crippen LogP contribution is 2.28. The molecule has 0 spiro atoms. The fourth-order valence-corrected chi connectivity index (χ4v) is 2.86. The molecular weight excluding hydrogens is 220 g/mol. The summed E-state index contributed by atoms with van der Waals surface area (Å²) in [6, 6.07) is 1.66. The summed E-state index contributed by atoms with van der Waals surface area (Å²) in [5.74, 6) is 0.953. The van der Waals surface area contributed by atoms with Gasteiger partial charge >= 0.3 is 0 Å². The molecule has 0 unspecified atom stereocenters. The minimum atomic E-state index is 0. The summed E-state index contributed by atoms with van der Waals surface area (Å²) in [4.78, 5) is 2.76. The fraction of sp³-hybridized carbons (Fsp3) is 1.00. The van der Waals surface area contributed by atoms with E-state index in [1.165, 1.54) is 51.7 Å². The fourth-order valence-electron chi connectivity index (χ4n) is 2.86. The molecule has 96 valence electrons. The lowest BCUT2D eigenvalue weighted by Crippen LogP contribution is -2.48. The van der Waals surface area contributed by atoms with Gasteiger partial charge in [0.05, 0.1) is 0 Å². The maximum atomic E-state index is 3.46. The zero-order valence-corrected chi connectivity index (χ0v) is 11.6. The predicted molar refractivity (Wildman–Crippen MR) is 72.3 cm³/mol. The van der Waals surface area contributed by atoms with Gasteiger partial charge in [-0.3, -0.25) is 4.90 Å². The monoisotopic (exact) mass is 246 g/mol. The molecule has 2 aliphatic rings. The van der Waals surface area contributed by atoms with Crippen molar-refractivity contribution < 1.29 is 0 Å². The summed E-state index contributed by atoms with van der Waals surface area (Å²) in [6.45, 7) is 8.55. The van der Waals surface area contributed by atoms with Crippen molar-refractivity contribution in [2.45, 2.75) is 58.0 Å². The van der Waals surface area contributed by atoms with Gasteiger partial charge in [0, 0.05) is 18.6 Å². The highest BCUT2D eigenvalue weighted by Gasteiger charge is 2.28. The lowest BCUT2D eigenvalue weighted by atomic mass is 9.88. The normalized spacial score (nSPS) is 23.2. The van der Waals surface area contributed by atoms with Gasteiger partial charge in [0.2, 0.25) is 0 Å². The van der Waals surface area contributed by atoms with Crippen molar-refractivity contribution in [3.63, 3.8) is 0 Å². The van der Waals surface area contributed by atoms with E-state index in [0.29, 0.717) is 0 Å². The summed E-state index contributed by atoms with van der Waals surface area (Å²) in [7, 11) is 0. The van der Waals surface area contributed by atoms with Gasteiger partial charge in [0.15, 0.2) is 0 Å². The largest absolute Gasteiger partial charge is 0.317 e. The Hall–Kier alpha value is 0.210. The van der Waals surface area contributed by atoms with Gasteiger partial charge in [-0.1, -0.05) is 6.42 Å². The van der Waals surface area contributed by atoms with Crippen molar-refractivity contribution in [3.05, 3.63) is 0 Å². The Bertz CT molecular complexity index is 186. The third kappa shape index (κ3) is 3.61. The van der Waals surface area contributed by atoms with E-state index in [1.807, 2.05) is 0 Å². The van der Waals surface area contributed by atoms with Crippen LogP contribution < -0.4 is 5.32 Å². The smallest absolute Gasteiger partial charge is 0.00980 e. The van der Waals surface area contributed by atoms with E-state index < -0.39 is 0 Å². The van der Waals surface area contributed by atoms with Crippen molar-refractivity contribution in [3.8, 4) is 0 Å². The van der Waals surface area contributed by atoms with Crippen LogP contribution in [0.25, 0.3) is 0 Å². The number of hydrogen-bond acceptors (Lipinski definition) is 2. The van der Waals surface area contributed by atoms with Crippen LogP contribution in [0.4, 0.5) is 0 Å². The van der Waals surface area contributed by atoms with E-state index in [-0.39, 0.29) is 12.4 Å². The van der Waals surface area contributed by atoms with Gasteiger partial charge < -0.3 is 5.32 Å². The van der Waals surface area contributed by atoms with E-state index >= 15 is 0 Å². The quantitative estimate of drug-likeness (QED) is 0.821. The molecule has 2 nitrogen and oxygen atoms in total. The average molecular weight is 247 g/mol. The third-order valence-electron chi connectivity index (χ3n) is 4.13. The molecule has 16 heavy (non-hydrogen) atoms. The summed E-state index contributed by atoms with van der Waals surface area (Å²) < 4.78 is 0. The molecule has 0 atom stereocenters. The Morgan fingerprint density at radius 2 is 1.75 bits per heavy atom. The van der Waals surface area contributed by atoms with Crippen LogP contribution in [0.15, 0.2) is 0 Å². The number of halogens is 1. The maximum Gasteiger partial charge on any atom is 0.00980 e. The molecule has 0 amide bonds. The Kier molecular flexibility index (Phi) is 6.09. The lowest BCUT2D eigenvalue weighted by molar-refractivity contribution is 0.0699. The zero-order chi connectivity index (χ0) is 10.7. The average Bonchev–Trinajstić information content (AvgIpc) is 2.15. The van der Waals surface area contributed by atoms with Crippen molar-refractivity contribution in [2.75, 3.05) is 19.6 Å². The molecule has 0 radical (unpaired) electrons. The van der Waals surface area contributed by atoms with E-state index in [2.05, 4.69) is 24.1 Å². The van der Waals surface area contributed by atoms with Crippen LogP contribution in [0.3, 0.4) is 0 Å². The summed E-state index contributed by atoms with van der Waals surface area (Å²) in [5.41, 5.74) is 0. The zero-order valence-electron chi connectivity index (χ0n) is 10.7. The molecule has 1 saturated heterocycles. The molecule has 1 N–H and O–H groups in total. The van der Waals surface area contributed by atoms with E-state index in [4.69, 9.17) is 0 Å². The van der Waals surface area contributed by atoms with Crippen LogP contribution in [-0.2, 0) is 0 Å². The van der Waals surface area contributed by atoms with E-state index in [0.717, 1.165) is 18.0 Å². The first-order chi connectivity index (χ1) is 7.27. The van der Waals surface area contributed by atoms with Gasteiger partial charge in [-0.2, -0.15) is 0 Å². The van der Waals surface area contributed by atoms with Crippen molar-refractivity contribution in [1.82, 2.24) is 10.2 Å². The first-order valence-corrected chi connectivity index (χ1v) is 6.74. The number of rotatable bonds is 4. The second-order valence-corrected chi connectivity index (χ2v) is 5.57. The molecule has 0 bridgehead atoms. The highest BCUT2D eigenvalue weighted by atomic mass is 35.5. The second-order valence-electron chi connectivity index (χ2n) is 5.57. The Balaban J connectivity index is 0.00000128. The van der Waals surface area contributed by atoms with E-state index in [1.54, 1.807) is 0 Å². The molecule has 2 rings (SSSR count). The standard InChI is InChI=1S/C13H26N2.ClH/c1-11(2)15(13-4-3-5-13)10-12-6-8-14-9-7-12;/h11-14H,3-10H2,1-2H3;1H. The van der Waals surface area contributed by atoms with Crippen LogP contribution in [-0.4, -0.2) is 36.6 Å². The van der Waals surface area contributed by atoms with Gasteiger partial charge in [0.1, 0.15) is 0 Å². The number of hydrogen-bond donors (Lipinski definition) is 1. The van der Waals surface area contributed by atoms with Crippen molar-refractivity contribution in [2.24, 2.45) is 5.92 Å². The molecule has 2 fully saturated rings. The van der Waals surface area contributed by atoms with Gasteiger partial charge in [0.25, 0.3) is 0 Å². The SMILES string of the molecule is CC(C)N(CC1CCNCC1)C1CCC1.Cl. The molecule has 0 aromatic carbocycles. The van der Waals surface area contributed by atoms with Crippen LogP contribution in [0, 0.1) is 5.92 Å². The molecule has 1 saturated carbocycles. The molecule has 1 heterocycles. The van der Waals surface area contributed by atoms with Crippen LogP contribution in [0.1, 0.15) is 46.0 Å². The van der Waals surface area contributed by atoms with Crippen LogP contribution in [0.2, 0.25) is 0 Å². The topological polar surface area (TPSA) is 15.3 Å². The Labute approximate surface area is 107 Å². The third-order valence-corrected chi connectivity index (χ3v) is 4.13. The minimum absolute atomic E-state index is 0. The molecule has 0 aromatic rings. The number of nitrogens with one attached hydrogen (secondary N) is 1. The predicted octanol–water partition coefficient (Wildman–Crippen LogP) is 2.67. The van der Waals surface area contributed by atoms with Crippen LogP contribution in [0.5, 0.6) is 0 Å². The van der Waals surface area contributed by atoms with Crippen LogP contribution >= 0.6 is 12.4 Å². The first kappa shape index (κ1) is 14.3. The molecular formula is C13H27ClN2. The maximum absolute atomic E-state index is 3.46. The lowest BCUT2D eigenvalue weighted by Gasteiger charge is -2.42. The Morgan fingerprint density at radius 1 is 1.12 bits per heavy atom. The van der Waals surface area contributed by atoms with Gasteiger partial charge in [-0.05, 0) is 58.5 Å². The van der Waals surface area contributed by atoms with Gasteiger partial charge in [-0.15, -0.1) is 12.4 Å². The molecule has 0 aromatic heterocycles. The van der Waals surface area contributed by atoms with Crippen molar-refractivity contribution in [1.29, 1.82) is 0 Å². The van der Waals surface area contributed by atoms with E-state index in [9.17, 15) is 0 Å². The minimum Gasteiger partial charge on any atom is -0.317 e. The molecule has 1 aliphatic carbocycles. The first-order valence-electron chi connectivity index (χ1n) is 6.74. The highest BCUT2D eigenvalue weighted by molar-refractivity contribution is 5.85. The van der Waals surface area contributed by atoms with Crippen molar-refractivity contribution >= 4 is 12.4 Å². The van der Waals surface area contributed by atoms with Gasteiger partial charge in [-0.25, -0.2) is 0 Å². The number of nitrogens with zero attached hydrogens (tertiary/aromatic N) is 1. The molecule has 3 heteroatoms. The second kappa shape index (κ2) is 6.83. The summed E-state index contributed by atoms with van der Waals surface area (Å²) in [6.07, 6.45) is 7.12. The summed E-state index contributed by atoms with van der Waals surface area (Å²) in [5, 5.41) is 3.46. The number of piperidine rings is 1. The summed E-state index contributed by atoms with van der Waals surface area (Å²) >= 11 is 0. The Morgan fingerprint density at radius 3 is 2.19 bits per heavy atom. The molecule has 1 aliphatic heterocycles.